The number of nitrogens with zero attached hydrogens (tertiary/aromatic N) is 2. The van der Waals surface area contributed by atoms with Crippen molar-refractivity contribution in [1.29, 1.82) is 0 Å². The van der Waals surface area contributed by atoms with Gasteiger partial charge in [-0.05, 0) is 48.7 Å². The van der Waals surface area contributed by atoms with Crippen molar-refractivity contribution in [2.45, 2.75) is 25.4 Å². The third-order valence-corrected chi connectivity index (χ3v) is 8.09. The van der Waals surface area contributed by atoms with Crippen LogP contribution in [0.25, 0.3) is 0 Å². The molecule has 2 fully saturated rings. The first-order valence-electron chi connectivity index (χ1n) is 9.93. The third-order valence-electron chi connectivity index (χ3n) is 5.98. The van der Waals surface area contributed by atoms with Crippen LogP contribution in [0.4, 0.5) is 5.69 Å². The monoisotopic (exact) mass is 448 g/mol. The number of hydrogen-bond acceptors (Lipinski definition) is 5. The second-order valence-electron chi connectivity index (χ2n) is 7.98. The van der Waals surface area contributed by atoms with Gasteiger partial charge in [-0.1, -0.05) is 29.8 Å². The van der Waals surface area contributed by atoms with E-state index in [4.69, 9.17) is 16.3 Å². The van der Waals surface area contributed by atoms with Crippen molar-refractivity contribution in [2.75, 3.05) is 36.6 Å². The molecule has 0 aromatic heterocycles. The predicted molar refractivity (Wildman–Crippen MR) is 118 cm³/mol. The van der Waals surface area contributed by atoms with E-state index in [1.54, 1.807) is 18.1 Å². The summed E-state index contributed by atoms with van der Waals surface area (Å²) in [5, 5.41) is 0.569. The third kappa shape index (κ3) is 4.19. The number of piperazine rings is 1. The van der Waals surface area contributed by atoms with Gasteiger partial charge >= 0.3 is 0 Å². The molecule has 0 spiro atoms. The maximum Gasteiger partial charge on any atom is 0.241 e. The summed E-state index contributed by atoms with van der Waals surface area (Å²) < 4.78 is 30.2. The lowest BCUT2D eigenvalue weighted by molar-refractivity contribution is -0.123. The molecule has 30 heavy (non-hydrogen) atoms. The van der Waals surface area contributed by atoms with Crippen molar-refractivity contribution < 1.29 is 17.9 Å². The number of carbonyl (C=O) groups excluding carboxylic acids is 1. The number of carbonyl (C=O) groups is 1. The molecule has 6 nitrogen and oxygen atoms in total. The van der Waals surface area contributed by atoms with Gasteiger partial charge < -0.3 is 9.64 Å². The topological polar surface area (TPSA) is 66.9 Å². The van der Waals surface area contributed by atoms with Crippen LogP contribution < -0.4 is 9.64 Å². The van der Waals surface area contributed by atoms with Crippen molar-refractivity contribution in [3.05, 3.63) is 58.6 Å². The molecule has 0 bridgehead atoms. The quantitative estimate of drug-likeness (QED) is 0.703. The molecule has 2 aliphatic rings. The molecule has 0 aliphatic carbocycles. The molecule has 2 aliphatic heterocycles. The van der Waals surface area contributed by atoms with Gasteiger partial charge in [0.15, 0.2) is 9.84 Å². The molecule has 1 amide bonds. The van der Waals surface area contributed by atoms with Crippen LogP contribution in [0.15, 0.2) is 42.5 Å². The molecular weight excluding hydrogens is 424 g/mol. The minimum absolute atomic E-state index is 0.0199. The highest BCUT2D eigenvalue weighted by Gasteiger charge is 2.49. The Balaban J connectivity index is 1.56. The molecule has 160 valence electrons. The molecule has 0 N–H and O–H groups in total. The summed E-state index contributed by atoms with van der Waals surface area (Å²) in [5.74, 6) is 0.752. The Labute approximate surface area is 182 Å². The van der Waals surface area contributed by atoms with E-state index in [2.05, 4.69) is 0 Å². The zero-order valence-corrected chi connectivity index (χ0v) is 18.6. The molecular formula is C22H25ClN2O4S. The van der Waals surface area contributed by atoms with E-state index < -0.39 is 15.9 Å². The average Bonchev–Trinajstić information content (AvgIpc) is 3.03. The normalized spacial score (nSPS) is 23.4. The first kappa shape index (κ1) is 21.2. The van der Waals surface area contributed by atoms with E-state index in [1.165, 1.54) is 0 Å². The predicted octanol–water partition coefficient (Wildman–Crippen LogP) is 2.71. The molecule has 0 radical (unpaired) electrons. The van der Waals surface area contributed by atoms with Crippen LogP contribution in [0.5, 0.6) is 5.75 Å². The number of ether oxygens (including phenoxy) is 1. The lowest BCUT2D eigenvalue weighted by atomic mass is 10.0. The Morgan fingerprint density at radius 3 is 2.47 bits per heavy atom. The summed E-state index contributed by atoms with van der Waals surface area (Å²) in [6.45, 7) is 2.71. The van der Waals surface area contributed by atoms with Crippen LogP contribution in [0.1, 0.15) is 11.1 Å². The number of hydrogen-bond donors (Lipinski definition) is 0. The van der Waals surface area contributed by atoms with Gasteiger partial charge in [-0.25, -0.2) is 8.42 Å². The summed E-state index contributed by atoms with van der Waals surface area (Å²) in [7, 11) is -1.59. The Morgan fingerprint density at radius 1 is 1.10 bits per heavy atom. The highest BCUT2D eigenvalue weighted by atomic mass is 35.5. The largest absolute Gasteiger partial charge is 0.497 e. The van der Waals surface area contributed by atoms with E-state index in [0.717, 1.165) is 23.3 Å². The number of benzene rings is 2. The van der Waals surface area contributed by atoms with E-state index in [-0.39, 0.29) is 30.0 Å². The van der Waals surface area contributed by atoms with Gasteiger partial charge in [0.1, 0.15) is 5.75 Å². The number of amides is 1. The second kappa shape index (κ2) is 8.21. The Morgan fingerprint density at radius 2 is 1.80 bits per heavy atom. The Hall–Kier alpha value is -2.09. The summed E-state index contributed by atoms with van der Waals surface area (Å²) in [6, 6.07) is 12.6. The highest BCUT2D eigenvalue weighted by molar-refractivity contribution is 7.91. The van der Waals surface area contributed by atoms with Crippen LogP contribution in [0.3, 0.4) is 0 Å². The maximum absolute atomic E-state index is 13.1. The fraction of sp³-hybridized carbons (Fsp3) is 0.409. The molecule has 8 heteroatoms. The molecule has 0 saturated carbocycles. The zero-order valence-electron chi connectivity index (χ0n) is 17.0. The lowest BCUT2D eigenvalue weighted by Crippen LogP contribution is -2.62. The van der Waals surface area contributed by atoms with Crippen LogP contribution >= 0.6 is 11.6 Å². The molecule has 2 saturated heterocycles. The number of aryl methyl sites for hydroxylation is 1. The fourth-order valence-electron chi connectivity index (χ4n) is 4.33. The van der Waals surface area contributed by atoms with Gasteiger partial charge in [-0.2, -0.15) is 0 Å². The summed E-state index contributed by atoms with van der Waals surface area (Å²) in [6.07, 6.45) is 0.733. The van der Waals surface area contributed by atoms with Crippen molar-refractivity contribution >= 4 is 33.0 Å². The molecule has 2 aromatic carbocycles. The SMILES string of the molecule is COc1ccc(CCN2CC(=O)N(c3ccc(C)c(Cl)c3)[C@@H]3CS(=O)(=O)C[C@@H]32)cc1. The van der Waals surface area contributed by atoms with Crippen LogP contribution in [0.2, 0.25) is 5.02 Å². The Bertz CT molecular complexity index is 1060. The van der Waals surface area contributed by atoms with E-state index in [0.29, 0.717) is 17.3 Å². The number of fused-ring (bicyclic) bond motifs is 1. The molecule has 2 aromatic rings. The van der Waals surface area contributed by atoms with Crippen LogP contribution in [0, 0.1) is 6.92 Å². The molecule has 2 atom stereocenters. The number of sulfone groups is 1. The van der Waals surface area contributed by atoms with Gasteiger partial charge in [0.25, 0.3) is 0 Å². The number of methoxy groups -OCH3 is 1. The number of rotatable bonds is 5. The number of halogens is 1. The summed E-state index contributed by atoms with van der Waals surface area (Å²) in [4.78, 5) is 16.7. The standard InChI is InChI=1S/C22H25ClN2O4S/c1-15-3-6-17(11-19(15)23)25-21-14-30(27,28)13-20(21)24(12-22(25)26)10-9-16-4-7-18(29-2)8-5-16/h3-8,11,20-21H,9-10,12-14H2,1-2H3/t20-,21+/m0/s1. The fourth-order valence-corrected chi connectivity index (χ4v) is 6.49. The molecule has 4 rings (SSSR count). The van der Waals surface area contributed by atoms with Crippen LogP contribution in [-0.4, -0.2) is 63.0 Å². The minimum Gasteiger partial charge on any atom is -0.497 e. The lowest BCUT2D eigenvalue weighted by Gasteiger charge is -2.43. The summed E-state index contributed by atoms with van der Waals surface area (Å²) >= 11 is 6.27. The summed E-state index contributed by atoms with van der Waals surface area (Å²) in [5.41, 5.74) is 2.70. The highest BCUT2D eigenvalue weighted by Crippen LogP contribution is 2.33. The van der Waals surface area contributed by atoms with Crippen molar-refractivity contribution in [3.8, 4) is 5.75 Å². The van der Waals surface area contributed by atoms with Gasteiger partial charge in [0.2, 0.25) is 5.91 Å². The van der Waals surface area contributed by atoms with Crippen molar-refractivity contribution in [1.82, 2.24) is 4.90 Å². The van der Waals surface area contributed by atoms with E-state index in [9.17, 15) is 13.2 Å². The first-order valence-corrected chi connectivity index (χ1v) is 12.1. The van der Waals surface area contributed by atoms with Gasteiger partial charge in [0, 0.05) is 23.3 Å². The Kier molecular flexibility index (Phi) is 5.79. The zero-order chi connectivity index (χ0) is 21.5. The number of anilines is 1. The van der Waals surface area contributed by atoms with Crippen molar-refractivity contribution in [2.24, 2.45) is 0 Å². The maximum atomic E-state index is 13.1. The van der Waals surface area contributed by atoms with Crippen LogP contribution in [-0.2, 0) is 21.1 Å². The molecule has 2 heterocycles. The first-order chi connectivity index (χ1) is 14.3. The van der Waals surface area contributed by atoms with Crippen molar-refractivity contribution in [3.63, 3.8) is 0 Å². The van der Waals surface area contributed by atoms with Gasteiger partial charge in [-0.3, -0.25) is 9.69 Å². The minimum atomic E-state index is -3.22. The van der Waals surface area contributed by atoms with E-state index >= 15 is 0 Å². The molecule has 0 unspecified atom stereocenters. The smallest absolute Gasteiger partial charge is 0.241 e. The van der Waals surface area contributed by atoms with Gasteiger partial charge in [-0.15, -0.1) is 0 Å². The second-order valence-corrected chi connectivity index (χ2v) is 10.5. The van der Waals surface area contributed by atoms with Gasteiger partial charge in [0.05, 0.1) is 31.2 Å². The van der Waals surface area contributed by atoms with E-state index in [1.807, 2.05) is 48.2 Å². The average molecular weight is 449 g/mol.